The lowest BCUT2D eigenvalue weighted by atomic mass is 10.0. The fourth-order valence-electron chi connectivity index (χ4n) is 4.08. The van der Waals surface area contributed by atoms with Gasteiger partial charge in [-0.15, -0.1) is 0 Å². The van der Waals surface area contributed by atoms with Crippen LogP contribution < -0.4 is 0 Å². The zero-order valence-corrected chi connectivity index (χ0v) is 13.9. The van der Waals surface area contributed by atoms with Gasteiger partial charge in [0.25, 0.3) is 0 Å². The fourth-order valence-corrected chi connectivity index (χ4v) is 4.08. The number of carbonyl (C=O) groups excluding carboxylic acids is 2. The van der Waals surface area contributed by atoms with Gasteiger partial charge in [0.15, 0.2) is 0 Å². The van der Waals surface area contributed by atoms with Crippen LogP contribution in [0.1, 0.15) is 47.3 Å². The summed E-state index contributed by atoms with van der Waals surface area (Å²) in [6, 6.07) is 5.57. The highest BCUT2D eigenvalue weighted by Crippen LogP contribution is 2.32. The zero-order chi connectivity index (χ0) is 16.7. The van der Waals surface area contributed by atoms with E-state index in [0.29, 0.717) is 18.0 Å². The molecule has 0 bridgehead atoms. The number of nitrogens with zero attached hydrogens (tertiary/aromatic N) is 1. The van der Waals surface area contributed by atoms with E-state index in [-0.39, 0.29) is 11.9 Å². The van der Waals surface area contributed by atoms with E-state index >= 15 is 0 Å². The van der Waals surface area contributed by atoms with Gasteiger partial charge in [-0.2, -0.15) is 0 Å². The third-order valence-corrected chi connectivity index (χ3v) is 5.41. The molecule has 24 heavy (non-hydrogen) atoms. The summed E-state index contributed by atoms with van der Waals surface area (Å²) in [5.74, 6) is 0.181. The van der Waals surface area contributed by atoms with Crippen molar-refractivity contribution in [3.8, 4) is 0 Å². The standard InChI is InChI=1S/C19H22N2O3/c1-24-19(23)13-6-7-16-14(10-13)15-11-21(9-8-17(15)20-16)18(22)12-4-2-3-5-12/h6-7,10,12,20H,2-5,8-9,11H2,1H3. The molecule has 0 atom stereocenters. The van der Waals surface area contributed by atoms with Crippen LogP contribution in [0.4, 0.5) is 0 Å². The van der Waals surface area contributed by atoms with E-state index in [9.17, 15) is 9.59 Å². The van der Waals surface area contributed by atoms with Crippen molar-refractivity contribution in [1.82, 2.24) is 9.88 Å². The second kappa shape index (κ2) is 5.96. The van der Waals surface area contributed by atoms with Gasteiger partial charge in [-0.3, -0.25) is 4.79 Å². The van der Waals surface area contributed by atoms with Crippen LogP contribution in [0, 0.1) is 5.92 Å². The molecular formula is C19H22N2O3. The summed E-state index contributed by atoms with van der Waals surface area (Å²) in [5.41, 5.74) is 3.89. The van der Waals surface area contributed by atoms with Gasteiger partial charge in [0.05, 0.1) is 12.7 Å². The summed E-state index contributed by atoms with van der Waals surface area (Å²) >= 11 is 0. The van der Waals surface area contributed by atoms with E-state index in [1.165, 1.54) is 25.6 Å². The lowest BCUT2D eigenvalue weighted by molar-refractivity contribution is -0.136. The van der Waals surface area contributed by atoms with Crippen molar-refractivity contribution < 1.29 is 14.3 Å². The van der Waals surface area contributed by atoms with Crippen molar-refractivity contribution in [2.24, 2.45) is 5.92 Å². The highest BCUT2D eigenvalue weighted by molar-refractivity contribution is 5.96. The summed E-state index contributed by atoms with van der Waals surface area (Å²) in [7, 11) is 1.39. The van der Waals surface area contributed by atoms with Crippen molar-refractivity contribution in [2.45, 2.75) is 38.6 Å². The molecule has 1 aromatic heterocycles. The van der Waals surface area contributed by atoms with Crippen molar-refractivity contribution >= 4 is 22.8 Å². The second-order valence-corrected chi connectivity index (χ2v) is 6.83. The number of rotatable bonds is 2. The predicted molar refractivity (Wildman–Crippen MR) is 90.7 cm³/mol. The Hall–Kier alpha value is -2.30. The molecule has 2 aromatic rings. The van der Waals surface area contributed by atoms with E-state index < -0.39 is 0 Å². The number of amides is 1. The van der Waals surface area contributed by atoms with Gasteiger partial charge < -0.3 is 14.6 Å². The molecular weight excluding hydrogens is 304 g/mol. The molecule has 126 valence electrons. The van der Waals surface area contributed by atoms with Crippen LogP contribution in [0.5, 0.6) is 0 Å². The molecule has 4 rings (SSSR count). The number of carbonyl (C=O) groups is 2. The number of ether oxygens (including phenoxy) is 1. The second-order valence-electron chi connectivity index (χ2n) is 6.83. The molecule has 0 unspecified atom stereocenters. The van der Waals surface area contributed by atoms with Crippen LogP contribution >= 0.6 is 0 Å². The summed E-state index contributed by atoms with van der Waals surface area (Å²) in [5, 5.41) is 1.02. The summed E-state index contributed by atoms with van der Waals surface area (Å²) in [4.78, 5) is 30.0. The Bertz CT molecular complexity index is 802. The van der Waals surface area contributed by atoms with Gasteiger partial charge >= 0.3 is 5.97 Å². The Kier molecular flexibility index (Phi) is 3.79. The molecule has 2 heterocycles. The van der Waals surface area contributed by atoms with Crippen LogP contribution in [0.2, 0.25) is 0 Å². The number of hydrogen-bond donors (Lipinski definition) is 1. The molecule has 5 nitrogen and oxygen atoms in total. The third kappa shape index (κ3) is 2.48. The van der Waals surface area contributed by atoms with Crippen molar-refractivity contribution in [2.75, 3.05) is 13.7 Å². The van der Waals surface area contributed by atoms with E-state index in [1.54, 1.807) is 6.07 Å². The smallest absolute Gasteiger partial charge is 0.337 e. The lowest BCUT2D eigenvalue weighted by Crippen LogP contribution is -2.39. The molecule has 1 fully saturated rings. The van der Waals surface area contributed by atoms with Gasteiger partial charge in [-0.1, -0.05) is 12.8 Å². The Morgan fingerprint density at radius 1 is 1.25 bits per heavy atom. The first kappa shape index (κ1) is 15.2. The maximum atomic E-state index is 12.7. The first-order chi connectivity index (χ1) is 11.7. The minimum atomic E-state index is -0.332. The minimum absolute atomic E-state index is 0.211. The van der Waals surface area contributed by atoms with Gasteiger partial charge in [0.1, 0.15) is 0 Å². The molecule has 0 saturated heterocycles. The molecule has 0 spiro atoms. The molecule has 1 N–H and O–H groups in total. The molecule has 1 aliphatic heterocycles. The van der Waals surface area contributed by atoms with Gasteiger partial charge in [0, 0.05) is 47.6 Å². The number of nitrogens with one attached hydrogen (secondary N) is 1. The van der Waals surface area contributed by atoms with Crippen molar-refractivity contribution in [3.63, 3.8) is 0 Å². The zero-order valence-electron chi connectivity index (χ0n) is 13.9. The molecule has 1 aliphatic carbocycles. The summed E-state index contributed by atoms with van der Waals surface area (Å²) in [6.07, 6.45) is 5.25. The molecule has 5 heteroatoms. The monoisotopic (exact) mass is 326 g/mol. The van der Waals surface area contributed by atoms with E-state index in [4.69, 9.17) is 4.74 Å². The van der Waals surface area contributed by atoms with Crippen molar-refractivity contribution in [3.05, 3.63) is 35.0 Å². The van der Waals surface area contributed by atoms with E-state index in [2.05, 4.69) is 4.98 Å². The number of hydrogen-bond acceptors (Lipinski definition) is 3. The van der Waals surface area contributed by atoms with Crippen LogP contribution in [-0.2, 0) is 22.5 Å². The Labute approximate surface area is 141 Å². The van der Waals surface area contributed by atoms with Gasteiger partial charge in [0.2, 0.25) is 5.91 Å². The van der Waals surface area contributed by atoms with Crippen LogP contribution in [0.3, 0.4) is 0 Å². The SMILES string of the molecule is COC(=O)c1ccc2[nH]c3c(c2c1)CN(C(=O)C1CCCC1)CC3. The number of esters is 1. The normalized spacial score (nSPS) is 18.0. The number of methoxy groups -OCH3 is 1. The number of fused-ring (bicyclic) bond motifs is 3. The minimum Gasteiger partial charge on any atom is -0.465 e. The Morgan fingerprint density at radius 3 is 2.79 bits per heavy atom. The molecule has 1 saturated carbocycles. The lowest BCUT2D eigenvalue weighted by Gasteiger charge is -2.29. The number of aromatic nitrogens is 1. The highest BCUT2D eigenvalue weighted by Gasteiger charge is 2.30. The maximum Gasteiger partial charge on any atom is 0.337 e. The van der Waals surface area contributed by atoms with E-state index in [0.717, 1.165) is 42.3 Å². The Balaban J connectivity index is 1.66. The summed E-state index contributed by atoms with van der Waals surface area (Å²) < 4.78 is 4.82. The van der Waals surface area contributed by atoms with Crippen LogP contribution in [-0.4, -0.2) is 35.4 Å². The van der Waals surface area contributed by atoms with E-state index in [1.807, 2.05) is 17.0 Å². The van der Waals surface area contributed by atoms with Crippen LogP contribution in [0.25, 0.3) is 10.9 Å². The highest BCUT2D eigenvalue weighted by atomic mass is 16.5. The molecule has 2 aliphatic rings. The average molecular weight is 326 g/mol. The molecule has 0 radical (unpaired) electrons. The van der Waals surface area contributed by atoms with Gasteiger partial charge in [-0.25, -0.2) is 4.79 Å². The van der Waals surface area contributed by atoms with Crippen LogP contribution in [0.15, 0.2) is 18.2 Å². The third-order valence-electron chi connectivity index (χ3n) is 5.41. The first-order valence-electron chi connectivity index (χ1n) is 8.68. The number of benzene rings is 1. The maximum absolute atomic E-state index is 12.7. The summed E-state index contributed by atoms with van der Waals surface area (Å²) in [6.45, 7) is 1.41. The average Bonchev–Trinajstić information content (AvgIpc) is 3.27. The van der Waals surface area contributed by atoms with Gasteiger partial charge in [-0.05, 0) is 31.0 Å². The number of aromatic amines is 1. The first-order valence-corrected chi connectivity index (χ1v) is 8.68. The topological polar surface area (TPSA) is 62.4 Å². The quantitative estimate of drug-likeness (QED) is 0.863. The molecule has 1 amide bonds. The largest absolute Gasteiger partial charge is 0.465 e. The predicted octanol–water partition coefficient (Wildman–Crippen LogP) is 3.03. The Morgan fingerprint density at radius 2 is 2.04 bits per heavy atom. The fraction of sp³-hybridized carbons (Fsp3) is 0.474. The van der Waals surface area contributed by atoms with Crippen molar-refractivity contribution in [1.29, 1.82) is 0 Å². The number of H-pyrrole nitrogens is 1. The molecule has 1 aromatic carbocycles.